The molecule has 23 heavy (non-hydrogen) atoms. The first-order valence-electron chi connectivity index (χ1n) is 8.81. The first kappa shape index (κ1) is 18.0. The van der Waals surface area contributed by atoms with Crippen molar-refractivity contribution in [3.8, 4) is 0 Å². The summed E-state index contributed by atoms with van der Waals surface area (Å²) in [6.07, 6.45) is 3.90. The third-order valence-corrected chi connectivity index (χ3v) is 5.29. The van der Waals surface area contributed by atoms with Gasteiger partial charge in [0.15, 0.2) is 0 Å². The van der Waals surface area contributed by atoms with Gasteiger partial charge in [-0.2, -0.15) is 0 Å². The quantitative estimate of drug-likeness (QED) is 0.902. The fraction of sp³-hybridized carbons (Fsp3) is 0.650. The maximum Gasteiger partial charge on any atom is 0.228 e. The molecule has 1 unspecified atom stereocenters. The number of nitrogens with two attached hydrogens (primary N) is 1. The minimum Gasteiger partial charge on any atom is -0.342 e. The molecule has 1 saturated heterocycles. The highest BCUT2D eigenvalue weighted by molar-refractivity contribution is 5.82. The van der Waals surface area contributed by atoms with E-state index in [9.17, 15) is 4.79 Å². The zero-order valence-corrected chi connectivity index (χ0v) is 15.1. The molecular formula is C20H32N2O. The highest BCUT2D eigenvalue weighted by atomic mass is 16.2. The lowest BCUT2D eigenvalue weighted by molar-refractivity contribution is -0.144. The molecule has 1 aliphatic rings. The van der Waals surface area contributed by atoms with Crippen LogP contribution in [0, 0.1) is 10.8 Å². The molecule has 1 amide bonds. The van der Waals surface area contributed by atoms with E-state index in [0.717, 1.165) is 38.8 Å². The van der Waals surface area contributed by atoms with Crippen LogP contribution in [-0.2, 0) is 11.2 Å². The van der Waals surface area contributed by atoms with Gasteiger partial charge in [0, 0.05) is 24.5 Å². The summed E-state index contributed by atoms with van der Waals surface area (Å²) < 4.78 is 0. The summed E-state index contributed by atoms with van der Waals surface area (Å²) in [6.45, 7) is 10.1. The van der Waals surface area contributed by atoms with E-state index in [-0.39, 0.29) is 22.8 Å². The van der Waals surface area contributed by atoms with E-state index < -0.39 is 0 Å². The molecule has 0 saturated carbocycles. The van der Waals surface area contributed by atoms with Crippen LogP contribution in [0.5, 0.6) is 0 Å². The van der Waals surface area contributed by atoms with Gasteiger partial charge in [0.1, 0.15) is 0 Å². The number of carbonyl (C=O) groups is 1. The molecule has 1 fully saturated rings. The molecule has 3 heteroatoms. The fourth-order valence-corrected chi connectivity index (χ4v) is 3.46. The molecule has 1 aliphatic heterocycles. The van der Waals surface area contributed by atoms with Crippen molar-refractivity contribution in [2.24, 2.45) is 16.6 Å². The normalized spacial score (nSPS) is 21.3. The lowest BCUT2D eigenvalue weighted by Crippen LogP contribution is -2.56. The minimum absolute atomic E-state index is 0.00796. The minimum atomic E-state index is -0.299. The van der Waals surface area contributed by atoms with E-state index in [1.54, 1.807) is 0 Å². The van der Waals surface area contributed by atoms with Crippen molar-refractivity contribution >= 4 is 5.91 Å². The van der Waals surface area contributed by atoms with E-state index in [0.29, 0.717) is 0 Å². The van der Waals surface area contributed by atoms with Crippen molar-refractivity contribution < 1.29 is 4.79 Å². The van der Waals surface area contributed by atoms with Crippen molar-refractivity contribution in [1.82, 2.24) is 4.90 Å². The Hall–Kier alpha value is -1.35. The number of nitrogens with zero attached hydrogens (tertiary/aromatic N) is 1. The number of likely N-dealkylation sites (tertiary alicyclic amines) is 1. The lowest BCUT2D eigenvalue weighted by atomic mass is 9.78. The Balaban J connectivity index is 1.89. The maximum atomic E-state index is 12.9. The topological polar surface area (TPSA) is 46.3 Å². The van der Waals surface area contributed by atoms with Gasteiger partial charge in [-0.15, -0.1) is 0 Å². The SMILES string of the molecule is CC(C)(CCCc1ccccc1)C(=O)N1CCC(N)C(C)(C)C1. The molecule has 1 heterocycles. The number of hydrogen-bond acceptors (Lipinski definition) is 2. The zero-order chi connectivity index (χ0) is 17.1. The van der Waals surface area contributed by atoms with Gasteiger partial charge in [0.05, 0.1) is 0 Å². The van der Waals surface area contributed by atoms with Crippen LogP contribution in [0.4, 0.5) is 0 Å². The molecule has 0 aliphatic carbocycles. The second-order valence-electron chi connectivity index (χ2n) is 8.33. The summed E-state index contributed by atoms with van der Waals surface area (Å²) >= 11 is 0. The predicted molar refractivity (Wildman–Crippen MR) is 96.1 cm³/mol. The van der Waals surface area contributed by atoms with E-state index in [4.69, 9.17) is 5.73 Å². The van der Waals surface area contributed by atoms with Crippen molar-refractivity contribution in [2.75, 3.05) is 13.1 Å². The van der Waals surface area contributed by atoms with Gasteiger partial charge >= 0.3 is 0 Å². The third kappa shape index (κ3) is 4.57. The Kier molecular flexibility index (Phi) is 5.51. The molecular weight excluding hydrogens is 284 g/mol. The zero-order valence-electron chi connectivity index (χ0n) is 15.1. The van der Waals surface area contributed by atoms with E-state index >= 15 is 0 Å². The highest BCUT2D eigenvalue weighted by Gasteiger charge is 2.39. The van der Waals surface area contributed by atoms with Gasteiger partial charge in [-0.1, -0.05) is 58.0 Å². The Morgan fingerprint density at radius 2 is 1.96 bits per heavy atom. The standard InChI is InChI=1S/C20H32N2O/c1-19(2,13-8-11-16-9-6-5-7-10-16)18(23)22-14-12-17(21)20(3,4)15-22/h5-7,9-10,17H,8,11-15,21H2,1-4H3. The monoisotopic (exact) mass is 316 g/mol. The molecule has 0 bridgehead atoms. The van der Waals surface area contributed by atoms with Crippen LogP contribution in [-0.4, -0.2) is 29.9 Å². The fourth-order valence-electron chi connectivity index (χ4n) is 3.46. The van der Waals surface area contributed by atoms with Crippen LogP contribution in [0.1, 0.15) is 52.5 Å². The molecule has 2 rings (SSSR count). The Morgan fingerprint density at radius 1 is 1.30 bits per heavy atom. The van der Waals surface area contributed by atoms with Crippen LogP contribution < -0.4 is 5.73 Å². The summed E-state index contributed by atoms with van der Waals surface area (Å²) in [7, 11) is 0. The van der Waals surface area contributed by atoms with Crippen LogP contribution in [0.3, 0.4) is 0 Å². The molecule has 0 spiro atoms. The Labute approximate surface area is 141 Å². The lowest BCUT2D eigenvalue weighted by Gasteiger charge is -2.45. The highest BCUT2D eigenvalue weighted by Crippen LogP contribution is 2.32. The van der Waals surface area contributed by atoms with Crippen molar-refractivity contribution in [1.29, 1.82) is 0 Å². The van der Waals surface area contributed by atoms with Crippen LogP contribution >= 0.6 is 0 Å². The van der Waals surface area contributed by atoms with Gasteiger partial charge in [-0.3, -0.25) is 4.79 Å². The molecule has 0 radical (unpaired) electrons. The first-order chi connectivity index (χ1) is 10.7. The average Bonchev–Trinajstić information content (AvgIpc) is 2.50. The van der Waals surface area contributed by atoms with Crippen molar-refractivity contribution in [3.05, 3.63) is 35.9 Å². The number of rotatable bonds is 5. The predicted octanol–water partition coefficient (Wildman–Crippen LogP) is 3.62. The molecule has 2 N–H and O–H groups in total. The summed E-state index contributed by atoms with van der Waals surface area (Å²) in [5, 5.41) is 0. The maximum absolute atomic E-state index is 12.9. The van der Waals surface area contributed by atoms with Crippen LogP contribution in [0.2, 0.25) is 0 Å². The van der Waals surface area contributed by atoms with Gasteiger partial charge in [-0.25, -0.2) is 0 Å². The second-order valence-corrected chi connectivity index (χ2v) is 8.33. The smallest absolute Gasteiger partial charge is 0.228 e. The second kappa shape index (κ2) is 7.04. The molecule has 3 nitrogen and oxygen atoms in total. The number of hydrogen-bond donors (Lipinski definition) is 1. The summed E-state index contributed by atoms with van der Waals surface area (Å²) in [5.74, 6) is 0.283. The summed E-state index contributed by atoms with van der Waals surface area (Å²) in [6, 6.07) is 10.7. The first-order valence-corrected chi connectivity index (χ1v) is 8.81. The molecule has 1 aromatic carbocycles. The molecule has 128 valence electrons. The Morgan fingerprint density at radius 3 is 2.57 bits per heavy atom. The average molecular weight is 316 g/mol. The molecule has 1 atom stereocenters. The van der Waals surface area contributed by atoms with Gasteiger partial charge < -0.3 is 10.6 Å². The van der Waals surface area contributed by atoms with Crippen LogP contribution in [0.25, 0.3) is 0 Å². The van der Waals surface area contributed by atoms with Gasteiger partial charge in [-0.05, 0) is 36.7 Å². The third-order valence-electron chi connectivity index (χ3n) is 5.29. The van der Waals surface area contributed by atoms with Crippen molar-refractivity contribution in [2.45, 2.75) is 59.4 Å². The van der Waals surface area contributed by atoms with E-state index in [1.165, 1.54) is 5.56 Å². The number of carbonyl (C=O) groups excluding carboxylic acids is 1. The van der Waals surface area contributed by atoms with E-state index in [1.807, 2.05) is 11.0 Å². The summed E-state index contributed by atoms with van der Waals surface area (Å²) in [5.41, 5.74) is 7.25. The Bertz CT molecular complexity index is 522. The van der Waals surface area contributed by atoms with Crippen molar-refractivity contribution in [3.63, 3.8) is 0 Å². The molecule has 1 aromatic rings. The number of amides is 1. The number of benzene rings is 1. The van der Waals surface area contributed by atoms with Crippen LogP contribution in [0.15, 0.2) is 30.3 Å². The largest absolute Gasteiger partial charge is 0.342 e. The van der Waals surface area contributed by atoms with E-state index in [2.05, 4.69) is 52.0 Å². The number of aryl methyl sites for hydroxylation is 1. The summed E-state index contributed by atoms with van der Waals surface area (Å²) in [4.78, 5) is 15.0. The van der Waals surface area contributed by atoms with Gasteiger partial charge in [0.2, 0.25) is 5.91 Å². The molecule has 0 aromatic heterocycles. The number of piperidine rings is 1. The van der Waals surface area contributed by atoms with Gasteiger partial charge in [0.25, 0.3) is 0 Å².